The standard InChI is InChI=1S/C14H14FN3O2/c1-8-5-12(16)10(7-17-8)14(19)18-13-6-9(20-2)3-4-11(13)15/h3-7H,1-2H3,(H2,16,17)(H,18,19). The molecule has 20 heavy (non-hydrogen) atoms. The van der Waals surface area contributed by atoms with Crippen molar-refractivity contribution in [2.75, 3.05) is 18.2 Å². The molecule has 1 heterocycles. The van der Waals surface area contributed by atoms with Crippen LogP contribution in [0.3, 0.4) is 0 Å². The lowest BCUT2D eigenvalue weighted by molar-refractivity contribution is 0.102. The SMILES string of the molecule is COc1ccc(F)c(NC(=O)c2cnc(C)cc2N)c1. The van der Waals surface area contributed by atoms with Gasteiger partial charge in [0.15, 0.2) is 0 Å². The molecule has 0 unspecified atom stereocenters. The number of nitrogens with zero attached hydrogens (tertiary/aromatic N) is 1. The normalized spacial score (nSPS) is 10.2. The molecule has 1 aromatic carbocycles. The van der Waals surface area contributed by atoms with E-state index >= 15 is 0 Å². The number of nitrogens with two attached hydrogens (primary N) is 1. The van der Waals surface area contributed by atoms with Crippen molar-refractivity contribution in [2.24, 2.45) is 0 Å². The summed E-state index contributed by atoms with van der Waals surface area (Å²) in [4.78, 5) is 16.1. The zero-order valence-corrected chi connectivity index (χ0v) is 11.1. The summed E-state index contributed by atoms with van der Waals surface area (Å²) < 4.78 is 18.6. The van der Waals surface area contributed by atoms with Gasteiger partial charge in [-0.15, -0.1) is 0 Å². The number of aryl methyl sites for hydroxylation is 1. The summed E-state index contributed by atoms with van der Waals surface area (Å²) in [5.74, 6) is -0.642. The number of pyridine rings is 1. The Bertz CT molecular complexity index is 659. The van der Waals surface area contributed by atoms with E-state index in [2.05, 4.69) is 10.3 Å². The fraction of sp³-hybridized carbons (Fsp3) is 0.143. The number of carbonyl (C=O) groups is 1. The number of hydrogen-bond donors (Lipinski definition) is 2. The first kappa shape index (κ1) is 13.8. The first-order valence-electron chi connectivity index (χ1n) is 5.88. The average molecular weight is 275 g/mol. The Kier molecular flexibility index (Phi) is 3.84. The molecule has 0 saturated heterocycles. The van der Waals surface area contributed by atoms with Crippen LogP contribution in [0.5, 0.6) is 5.75 Å². The van der Waals surface area contributed by atoms with Crippen LogP contribution in [0.25, 0.3) is 0 Å². The van der Waals surface area contributed by atoms with Crippen molar-refractivity contribution < 1.29 is 13.9 Å². The van der Waals surface area contributed by atoms with Gasteiger partial charge in [0.2, 0.25) is 0 Å². The number of ether oxygens (including phenoxy) is 1. The number of benzene rings is 1. The molecule has 0 aliphatic rings. The molecule has 0 aliphatic carbocycles. The van der Waals surface area contributed by atoms with Gasteiger partial charge in [0.05, 0.1) is 18.4 Å². The van der Waals surface area contributed by atoms with Crippen LogP contribution in [0.15, 0.2) is 30.5 Å². The van der Waals surface area contributed by atoms with Gasteiger partial charge in [-0.05, 0) is 25.1 Å². The number of aromatic nitrogens is 1. The highest BCUT2D eigenvalue weighted by Crippen LogP contribution is 2.22. The Morgan fingerprint density at radius 3 is 2.80 bits per heavy atom. The van der Waals surface area contributed by atoms with Gasteiger partial charge in [-0.25, -0.2) is 4.39 Å². The monoisotopic (exact) mass is 275 g/mol. The summed E-state index contributed by atoms with van der Waals surface area (Å²) in [6, 6.07) is 5.65. The minimum Gasteiger partial charge on any atom is -0.497 e. The van der Waals surface area contributed by atoms with E-state index in [4.69, 9.17) is 10.5 Å². The average Bonchev–Trinajstić information content (AvgIpc) is 2.41. The lowest BCUT2D eigenvalue weighted by Crippen LogP contribution is -2.15. The Balaban J connectivity index is 2.27. The molecular formula is C14H14FN3O2. The van der Waals surface area contributed by atoms with Crippen molar-refractivity contribution in [3.05, 3.63) is 47.5 Å². The fourth-order valence-electron chi connectivity index (χ4n) is 1.69. The molecule has 0 aliphatic heterocycles. The molecule has 3 N–H and O–H groups in total. The van der Waals surface area contributed by atoms with E-state index in [9.17, 15) is 9.18 Å². The van der Waals surface area contributed by atoms with Crippen LogP contribution in [-0.2, 0) is 0 Å². The van der Waals surface area contributed by atoms with Gasteiger partial charge in [-0.1, -0.05) is 0 Å². The van der Waals surface area contributed by atoms with Crippen molar-refractivity contribution in [1.29, 1.82) is 0 Å². The third-order valence-electron chi connectivity index (χ3n) is 2.74. The van der Waals surface area contributed by atoms with E-state index in [0.29, 0.717) is 17.1 Å². The van der Waals surface area contributed by atoms with Crippen molar-refractivity contribution in [3.63, 3.8) is 0 Å². The molecule has 0 atom stereocenters. The zero-order chi connectivity index (χ0) is 14.7. The van der Waals surface area contributed by atoms with Gasteiger partial charge in [0, 0.05) is 23.6 Å². The highest BCUT2D eigenvalue weighted by Gasteiger charge is 2.13. The van der Waals surface area contributed by atoms with Crippen LogP contribution in [0.4, 0.5) is 15.8 Å². The molecule has 104 valence electrons. The molecule has 0 spiro atoms. The van der Waals surface area contributed by atoms with Crippen molar-refractivity contribution in [1.82, 2.24) is 4.98 Å². The smallest absolute Gasteiger partial charge is 0.259 e. The quantitative estimate of drug-likeness (QED) is 0.901. The molecule has 1 aromatic heterocycles. The van der Waals surface area contributed by atoms with Crippen LogP contribution in [0.2, 0.25) is 0 Å². The summed E-state index contributed by atoms with van der Waals surface area (Å²) in [6.45, 7) is 1.76. The number of anilines is 2. The number of rotatable bonds is 3. The summed E-state index contributed by atoms with van der Waals surface area (Å²) in [5.41, 5.74) is 6.96. The number of amides is 1. The van der Waals surface area contributed by atoms with Gasteiger partial charge in [-0.2, -0.15) is 0 Å². The Labute approximate surface area is 115 Å². The summed E-state index contributed by atoms with van der Waals surface area (Å²) in [7, 11) is 1.46. The molecule has 1 amide bonds. The maximum absolute atomic E-state index is 13.6. The molecule has 0 radical (unpaired) electrons. The van der Waals surface area contributed by atoms with Crippen LogP contribution in [0, 0.1) is 12.7 Å². The predicted octanol–water partition coefficient (Wildman–Crippen LogP) is 2.37. The third-order valence-corrected chi connectivity index (χ3v) is 2.74. The highest BCUT2D eigenvalue weighted by molar-refractivity contribution is 6.07. The van der Waals surface area contributed by atoms with Gasteiger partial charge in [0.25, 0.3) is 5.91 Å². The predicted molar refractivity (Wildman–Crippen MR) is 74.3 cm³/mol. The molecular weight excluding hydrogens is 261 g/mol. The number of halogens is 1. The van der Waals surface area contributed by atoms with Crippen molar-refractivity contribution >= 4 is 17.3 Å². The highest BCUT2D eigenvalue weighted by atomic mass is 19.1. The Morgan fingerprint density at radius 1 is 1.40 bits per heavy atom. The largest absolute Gasteiger partial charge is 0.497 e. The number of hydrogen-bond acceptors (Lipinski definition) is 4. The summed E-state index contributed by atoms with van der Waals surface area (Å²) in [6.07, 6.45) is 1.36. The van der Waals surface area contributed by atoms with Crippen molar-refractivity contribution in [3.8, 4) is 5.75 Å². The van der Waals surface area contributed by atoms with Gasteiger partial charge in [-0.3, -0.25) is 9.78 Å². The van der Waals surface area contributed by atoms with Gasteiger partial charge >= 0.3 is 0 Å². The number of nitrogen functional groups attached to an aromatic ring is 1. The zero-order valence-electron chi connectivity index (χ0n) is 11.1. The van der Waals surface area contributed by atoms with E-state index < -0.39 is 11.7 Å². The van der Waals surface area contributed by atoms with Crippen molar-refractivity contribution in [2.45, 2.75) is 6.92 Å². The maximum atomic E-state index is 13.6. The summed E-state index contributed by atoms with van der Waals surface area (Å²) in [5, 5.41) is 2.45. The van der Waals surface area contributed by atoms with E-state index in [0.717, 1.165) is 0 Å². The number of carbonyl (C=O) groups excluding carboxylic acids is 1. The molecule has 2 rings (SSSR count). The minimum atomic E-state index is -0.558. The maximum Gasteiger partial charge on any atom is 0.259 e. The van der Waals surface area contributed by atoms with Crippen LogP contribution < -0.4 is 15.8 Å². The second-order valence-corrected chi connectivity index (χ2v) is 4.21. The molecule has 0 fully saturated rings. The lowest BCUT2D eigenvalue weighted by atomic mass is 10.2. The number of nitrogens with one attached hydrogen (secondary N) is 1. The molecule has 5 nitrogen and oxygen atoms in total. The van der Waals surface area contributed by atoms with Crippen LogP contribution in [0.1, 0.15) is 16.1 Å². The van der Waals surface area contributed by atoms with E-state index in [1.165, 1.54) is 31.5 Å². The molecule has 6 heteroatoms. The third kappa shape index (κ3) is 2.85. The first-order valence-corrected chi connectivity index (χ1v) is 5.88. The molecule has 0 saturated carbocycles. The molecule has 0 bridgehead atoms. The lowest BCUT2D eigenvalue weighted by Gasteiger charge is -2.09. The van der Waals surface area contributed by atoms with Crippen LogP contribution >= 0.6 is 0 Å². The van der Waals surface area contributed by atoms with Gasteiger partial charge < -0.3 is 15.8 Å². The van der Waals surface area contributed by atoms with Gasteiger partial charge in [0.1, 0.15) is 11.6 Å². The Morgan fingerprint density at radius 2 is 2.15 bits per heavy atom. The van der Waals surface area contributed by atoms with Crippen LogP contribution in [-0.4, -0.2) is 18.0 Å². The fourth-order valence-corrected chi connectivity index (χ4v) is 1.69. The van der Waals surface area contributed by atoms with E-state index in [-0.39, 0.29) is 11.3 Å². The second-order valence-electron chi connectivity index (χ2n) is 4.21. The first-order chi connectivity index (χ1) is 9.51. The minimum absolute atomic E-state index is 0.0225. The molecule has 2 aromatic rings. The topological polar surface area (TPSA) is 77.2 Å². The summed E-state index contributed by atoms with van der Waals surface area (Å²) >= 11 is 0. The van der Waals surface area contributed by atoms with E-state index in [1.54, 1.807) is 13.0 Å². The van der Waals surface area contributed by atoms with E-state index in [1.807, 2.05) is 0 Å². The second kappa shape index (κ2) is 5.56. The Hall–Kier alpha value is -2.63. The number of methoxy groups -OCH3 is 1.